The fourth-order valence-electron chi connectivity index (χ4n) is 3.60. The van der Waals surface area contributed by atoms with Crippen molar-refractivity contribution in [3.05, 3.63) is 66.0 Å². The molecule has 0 saturated carbocycles. The highest BCUT2D eigenvalue weighted by atomic mass is 16.5. The zero-order valence-corrected chi connectivity index (χ0v) is 16.9. The number of para-hydroxylation sites is 2. The number of amides is 1. The number of hydrogen-bond acceptors (Lipinski definition) is 5. The molecule has 6 heteroatoms. The Balaban J connectivity index is 1.58. The minimum absolute atomic E-state index is 0.0772. The molecule has 0 aliphatic carbocycles. The van der Waals surface area contributed by atoms with Gasteiger partial charge in [0.25, 0.3) is 5.91 Å². The smallest absolute Gasteiger partial charge is 0.274 e. The molecule has 0 N–H and O–H groups in total. The monoisotopic (exact) mass is 390 g/mol. The molecule has 2 heterocycles. The summed E-state index contributed by atoms with van der Waals surface area (Å²) in [5, 5.41) is 0. The fraction of sp³-hybridized carbons (Fsp3) is 0.348. The summed E-state index contributed by atoms with van der Waals surface area (Å²) in [5.41, 5.74) is 4.09. The number of fused-ring (bicyclic) bond motifs is 1. The first kappa shape index (κ1) is 19.3. The van der Waals surface area contributed by atoms with Crippen LogP contribution in [0.1, 0.15) is 28.9 Å². The van der Waals surface area contributed by atoms with Crippen molar-refractivity contribution in [2.24, 2.45) is 0 Å². The Morgan fingerprint density at radius 2 is 1.86 bits per heavy atom. The maximum absolute atomic E-state index is 13.3. The van der Waals surface area contributed by atoms with Crippen LogP contribution in [-0.4, -0.2) is 54.1 Å². The quantitative estimate of drug-likeness (QED) is 0.645. The third-order valence-corrected chi connectivity index (χ3v) is 5.23. The maximum atomic E-state index is 13.3. The number of rotatable bonds is 6. The normalized spacial score (nSPS) is 16.1. The molecule has 1 unspecified atom stereocenters. The molecule has 6 nitrogen and oxygen atoms in total. The van der Waals surface area contributed by atoms with Crippen molar-refractivity contribution < 1.29 is 9.53 Å². The van der Waals surface area contributed by atoms with Crippen molar-refractivity contribution in [3.8, 4) is 0 Å². The van der Waals surface area contributed by atoms with Crippen LogP contribution < -0.4 is 4.90 Å². The van der Waals surface area contributed by atoms with Gasteiger partial charge in [-0.1, -0.05) is 24.3 Å². The Hall–Kier alpha value is -2.99. The minimum atomic E-state index is -0.115. The molecule has 3 aromatic rings. The molecular weight excluding hydrogens is 364 g/mol. The summed E-state index contributed by atoms with van der Waals surface area (Å²) in [4.78, 5) is 26.2. The number of nitrogens with zero attached hydrogens (tertiary/aromatic N) is 4. The molecule has 0 bridgehead atoms. The van der Waals surface area contributed by atoms with Crippen LogP contribution in [0.25, 0.3) is 11.0 Å². The van der Waals surface area contributed by atoms with Crippen molar-refractivity contribution in [2.45, 2.75) is 25.5 Å². The van der Waals surface area contributed by atoms with Gasteiger partial charge in [-0.3, -0.25) is 9.78 Å². The van der Waals surface area contributed by atoms with Crippen LogP contribution in [-0.2, 0) is 11.3 Å². The van der Waals surface area contributed by atoms with E-state index >= 15 is 0 Å². The first-order valence-corrected chi connectivity index (χ1v) is 9.99. The predicted molar refractivity (Wildman–Crippen MR) is 114 cm³/mol. The molecule has 1 aromatic heterocycles. The lowest BCUT2D eigenvalue weighted by Gasteiger charge is -2.25. The summed E-state index contributed by atoms with van der Waals surface area (Å²) in [6.45, 7) is 1.84. The highest BCUT2D eigenvalue weighted by Crippen LogP contribution is 2.19. The number of hydrogen-bond donors (Lipinski definition) is 0. The van der Waals surface area contributed by atoms with Crippen molar-refractivity contribution in [1.29, 1.82) is 0 Å². The average Bonchev–Trinajstić information content (AvgIpc) is 3.26. The summed E-state index contributed by atoms with van der Waals surface area (Å²) in [7, 11) is 4.03. The zero-order chi connectivity index (χ0) is 20.2. The van der Waals surface area contributed by atoms with E-state index in [1.54, 1.807) is 6.20 Å². The van der Waals surface area contributed by atoms with Gasteiger partial charge in [0.15, 0.2) is 0 Å². The van der Waals surface area contributed by atoms with E-state index in [1.807, 2.05) is 43.3 Å². The van der Waals surface area contributed by atoms with Crippen molar-refractivity contribution >= 4 is 22.6 Å². The van der Waals surface area contributed by atoms with Gasteiger partial charge in [0.05, 0.1) is 23.3 Å². The summed E-state index contributed by atoms with van der Waals surface area (Å²) < 4.78 is 5.79. The lowest BCUT2D eigenvalue weighted by Crippen LogP contribution is -2.37. The maximum Gasteiger partial charge on any atom is 0.274 e. The van der Waals surface area contributed by atoms with Gasteiger partial charge < -0.3 is 14.5 Å². The van der Waals surface area contributed by atoms with E-state index in [0.717, 1.165) is 41.7 Å². The Kier molecular flexibility index (Phi) is 5.71. The molecule has 1 aliphatic heterocycles. The van der Waals surface area contributed by atoms with Gasteiger partial charge in [-0.15, -0.1) is 0 Å². The van der Waals surface area contributed by atoms with Gasteiger partial charge in [0, 0.05) is 39.5 Å². The standard InChI is InChI=1S/C23H26N4O2/c1-26(2)18-11-9-17(10-12-18)15-27(16-19-6-5-13-29-19)23(28)22-14-24-20-7-3-4-8-21(20)25-22/h3-4,7-12,14,19H,5-6,13,15-16H2,1-2H3. The summed E-state index contributed by atoms with van der Waals surface area (Å²) >= 11 is 0. The SMILES string of the molecule is CN(C)c1ccc(CN(CC2CCCO2)C(=O)c2cnc3ccccc3n2)cc1. The number of ether oxygens (including phenoxy) is 1. The molecule has 1 fully saturated rings. The highest BCUT2D eigenvalue weighted by Gasteiger charge is 2.25. The molecule has 150 valence electrons. The second kappa shape index (κ2) is 8.57. The molecule has 1 saturated heterocycles. The molecule has 2 aromatic carbocycles. The molecule has 4 rings (SSSR count). The lowest BCUT2D eigenvalue weighted by atomic mass is 10.1. The summed E-state index contributed by atoms with van der Waals surface area (Å²) in [6, 6.07) is 15.9. The summed E-state index contributed by atoms with van der Waals surface area (Å²) in [5.74, 6) is -0.115. The van der Waals surface area contributed by atoms with Crippen LogP contribution in [0.5, 0.6) is 0 Å². The number of benzene rings is 2. The van der Waals surface area contributed by atoms with Gasteiger partial charge >= 0.3 is 0 Å². The minimum Gasteiger partial charge on any atom is -0.378 e. The van der Waals surface area contributed by atoms with Gasteiger partial charge in [-0.05, 0) is 42.7 Å². The average molecular weight is 390 g/mol. The van der Waals surface area contributed by atoms with Crippen molar-refractivity contribution in [3.63, 3.8) is 0 Å². The molecule has 0 spiro atoms. The van der Waals surface area contributed by atoms with E-state index in [-0.39, 0.29) is 12.0 Å². The van der Waals surface area contributed by atoms with Crippen LogP contribution in [0, 0.1) is 0 Å². The number of carbonyl (C=O) groups is 1. The highest BCUT2D eigenvalue weighted by molar-refractivity contribution is 5.93. The Morgan fingerprint density at radius 3 is 2.55 bits per heavy atom. The largest absolute Gasteiger partial charge is 0.378 e. The topological polar surface area (TPSA) is 58.6 Å². The first-order valence-electron chi connectivity index (χ1n) is 9.99. The van der Waals surface area contributed by atoms with E-state index in [2.05, 4.69) is 39.1 Å². The van der Waals surface area contributed by atoms with E-state index in [4.69, 9.17) is 4.74 Å². The summed E-state index contributed by atoms with van der Waals surface area (Å²) in [6.07, 6.45) is 3.67. The second-order valence-electron chi connectivity index (χ2n) is 7.63. The van der Waals surface area contributed by atoms with Crippen LogP contribution in [0.4, 0.5) is 5.69 Å². The molecule has 1 amide bonds. The lowest BCUT2D eigenvalue weighted by molar-refractivity contribution is 0.0503. The molecular formula is C23H26N4O2. The van der Waals surface area contributed by atoms with E-state index in [1.165, 1.54) is 0 Å². The van der Waals surface area contributed by atoms with Gasteiger partial charge in [0.2, 0.25) is 0 Å². The van der Waals surface area contributed by atoms with E-state index < -0.39 is 0 Å². The molecule has 1 aliphatic rings. The molecule has 0 radical (unpaired) electrons. The second-order valence-corrected chi connectivity index (χ2v) is 7.63. The fourth-order valence-corrected chi connectivity index (χ4v) is 3.60. The third-order valence-electron chi connectivity index (χ3n) is 5.23. The number of anilines is 1. The van der Waals surface area contributed by atoms with Crippen LogP contribution in [0.2, 0.25) is 0 Å². The van der Waals surface area contributed by atoms with E-state index in [0.29, 0.717) is 18.8 Å². The van der Waals surface area contributed by atoms with E-state index in [9.17, 15) is 4.79 Å². The van der Waals surface area contributed by atoms with Crippen LogP contribution in [0.3, 0.4) is 0 Å². The third kappa shape index (κ3) is 4.54. The van der Waals surface area contributed by atoms with Crippen LogP contribution >= 0.6 is 0 Å². The van der Waals surface area contributed by atoms with Crippen molar-refractivity contribution in [1.82, 2.24) is 14.9 Å². The van der Waals surface area contributed by atoms with Gasteiger partial charge in [0.1, 0.15) is 5.69 Å². The molecule has 1 atom stereocenters. The Morgan fingerprint density at radius 1 is 1.10 bits per heavy atom. The number of aromatic nitrogens is 2. The predicted octanol–water partition coefficient (Wildman–Crippen LogP) is 3.52. The first-order chi connectivity index (χ1) is 14.1. The Labute approximate surface area is 171 Å². The molecule has 29 heavy (non-hydrogen) atoms. The van der Waals surface area contributed by atoms with Crippen LogP contribution in [0.15, 0.2) is 54.7 Å². The Bertz CT molecular complexity index is 982. The number of carbonyl (C=O) groups excluding carboxylic acids is 1. The zero-order valence-electron chi connectivity index (χ0n) is 16.9. The van der Waals surface area contributed by atoms with Gasteiger partial charge in [-0.2, -0.15) is 0 Å². The van der Waals surface area contributed by atoms with Crippen molar-refractivity contribution in [2.75, 3.05) is 32.1 Å². The van der Waals surface area contributed by atoms with Gasteiger partial charge in [-0.25, -0.2) is 4.98 Å².